The Morgan fingerprint density at radius 2 is 1.37 bits per heavy atom. The Morgan fingerprint density at radius 1 is 0.692 bits per heavy atom. The maximum absolute atomic E-state index is 5.14. The first kappa shape index (κ1) is 33.4. The second-order valence-electron chi connectivity index (χ2n) is 12.3. The van der Waals surface area contributed by atoms with E-state index in [-0.39, 0.29) is 6.04 Å². The molecule has 1 aromatic heterocycles. The number of benzene rings is 5. The van der Waals surface area contributed by atoms with Gasteiger partial charge < -0.3 is 5.32 Å². The predicted octanol–water partition coefficient (Wildman–Crippen LogP) is 11.5. The number of aliphatic imine (C=N–C) groups is 1. The van der Waals surface area contributed by atoms with Crippen LogP contribution in [0.25, 0.3) is 34.0 Å². The molecule has 1 atom stereocenters. The lowest BCUT2D eigenvalue weighted by molar-refractivity contribution is 0.781. The molecule has 52 heavy (non-hydrogen) atoms. The minimum atomic E-state index is -0.0854. The number of nitrogens with one attached hydrogen (secondary N) is 1. The van der Waals surface area contributed by atoms with E-state index < -0.39 is 0 Å². The summed E-state index contributed by atoms with van der Waals surface area (Å²) in [6.07, 6.45) is 11.0. The second kappa shape index (κ2) is 15.2. The van der Waals surface area contributed by atoms with Crippen LogP contribution in [0.15, 0.2) is 189 Å². The molecule has 0 saturated carbocycles. The van der Waals surface area contributed by atoms with Gasteiger partial charge in [-0.25, -0.2) is 19.9 Å². The first-order valence-corrected chi connectivity index (χ1v) is 18.9. The molecule has 5 aromatic carbocycles. The smallest absolute Gasteiger partial charge is 0.165 e. The molecule has 0 saturated heterocycles. The molecule has 1 unspecified atom stereocenters. The average molecular weight is 710 g/mol. The highest BCUT2D eigenvalue weighted by atomic mass is 32.2. The van der Waals surface area contributed by atoms with Gasteiger partial charge in [-0.2, -0.15) is 0 Å². The minimum Gasteiger partial charge on any atom is -0.359 e. The lowest BCUT2D eigenvalue weighted by Gasteiger charge is -2.24. The van der Waals surface area contributed by atoms with Crippen LogP contribution in [0.4, 0.5) is 0 Å². The zero-order chi connectivity index (χ0) is 35.3. The maximum Gasteiger partial charge on any atom is 0.165 e. The van der Waals surface area contributed by atoms with Crippen molar-refractivity contribution in [2.45, 2.75) is 39.0 Å². The average Bonchev–Trinajstić information content (AvgIpc) is 3.21. The fourth-order valence-electron chi connectivity index (χ4n) is 6.17. The molecule has 252 valence electrons. The van der Waals surface area contributed by atoms with Gasteiger partial charge >= 0.3 is 0 Å². The molecule has 8 rings (SSSR count). The van der Waals surface area contributed by atoms with Crippen molar-refractivity contribution in [3.05, 3.63) is 187 Å². The fraction of sp³-hybridized carbons (Fsp3) is 0.0667. The van der Waals surface area contributed by atoms with E-state index >= 15 is 0 Å². The van der Waals surface area contributed by atoms with Crippen molar-refractivity contribution in [3.63, 3.8) is 0 Å². The minimum absolute atomic E-state index is 0.0854. The quantitative estimate of drug-likeness (QED) is 0.119. The van der Waals surface area contributed by atoms with Crippen molar-refractivity contribution in [1.82, 2.24) is 20.3 Å². The SMILES string of the molecule is C=CC/C=C(\C=C/C)c1nc(-c2ccc(C3C=C(c4ccccc4)N=C(c4ccccc4)N3)cc2)nc(-c2cccc3c2Sc2ccccc2S3)n1. The van der Waals surface area contributed by atoms with Crippen LogP contribution in [-0.2, 0) is 0 Å². The van der Waals surface area contributed by atoms with E-state index in [1.807, 2.05) is 61.5 Å². The molecule has 3 heterocycles. The van der Waals surface area contributed by atoms with Gasteiger partial charge in [-0.1, -0.05) is 151 Å². The number of amidine groups is 1. The van der Waals surface area contributed by atoms with Crippen LogP contribution in [0.1, 0.15) is 41.9 Å². The first-order chi connectivity index (χ1) is 25.7. The predicted molar refractivity (Wildman–Crippen MR) is 216 cm³/mol. The molecular formula is C45H35N5S2. The number of fused-ring (bicyclic) bond motifs is 2. The Bertz CT molecular complexity index is 2380. The summed E-state index contributed by atoms with van der Waals surface area (Å²) >= 11 is 3.56. The normalized spacial score (nSPS) is 15.2. The van der Waals surface area contributed by atoms with Crippen molar-refractivity contribution in [1.29, 1.82) is 0 Å². The Balaban J connectivity index is 1.19. The van der Waals surface area contributed by atoms with Crippen LogP contribution in [-0.4, -0.2) is 20.8 Å². The first-order valence-electron chi connectivity index (χ1n) is 17.2. The zero-order valence-corrected chi connectivity index (χ0v) is 30.2. The van der Waals surface area contributed by atoms with Crippen LogP contribution in [0.2, 0.25) is 0 Å². The molecule has 7 heteroatoms. The van der Waals surface area contributed by atoms with Gasteiger partial charge in [0.15, 0.2) is 17.5 Å². The van der Waals surface area contributed by atoms with E-state index in [9.17, 15) is 0 Å². The van der Waals surface area contributed by atoms with E-state index in [1.165, 1.54) is 14.7 Å². The van der Waals surface area contributed by atoms with Gasteiger partial charge in [-0.05, 0) is 54.8 Å². The van der Waals surface area contributed by atoms with E-state index in [1.54, 1.807) is 23.5 Å². The Hall–Kier alpha value is -5.76. The van der Waals surface area contributed by atoms with Gasteiger partial charge in [0.2, 0.25) is 0 Å². The van der Waals surface area contributed by atoms with Crippen LogP contribution in [0, 0.1) is 0 Å². The summed E-state index contributed by atoms with van der Waals surface area (Å²) in [6, 6.07) is 43.9. The molecule has 0 fully saturated rings. The summed E-state index contributed by atoms with van der Waals surface area (Å²) in [6.45, 7) is 5.94. The topological polar surface area (TPSA) is 63.1 Å². The molecule has 0 spiro atoms. The Kier molecular flexibility index (Phi) is 9.78. The third-order valence-corrected chi connectivity index (χ3v) is 11.4. The molecule has 0 bridgehead atoms. The molecule has 1 N–H and O–H groups in total. The van der Waals surface area contributed by atoms with Crippen molar-refractivity contribution < 1.29 is 0 Å². The number of nitrogens with zero attached hydrogens (tertiary/aromatic N) is 4. The number of hydrogen-bond donors (Lipinski definition) is 1. The number of aromatic nitrogens is 3. The van der Waals surface area contributed by atoms with Crippen LogP contribution in [0.5, 0.6) is 0 Å². The second-order valence-corrected chi connectivity index (χ2v) is 14.4. The van der Waals surface area contributed by atoms with Crippen LogP contribution >= 0.6 is 23.5 Å². The highest BCUT2D eigenvalue weighted by Gasteiger charge is 2.24. The van der Waals surface area contributed by atoms with Crippen LogP contribution in [0.3, 0.4) is 0 Å². The Labute approximate surface area is 313 Å². The molecule has 0 aliphatic carbocycles. The maximum atomic E-state index is 5.14. The van der Waals surface area contributed by atoms with E-state index in [2.05, 4.69) is 115 Å². The summed E-state index contributed by atoms with van der Waals surface area (Å²) in [5.41, 5.74) is 7.00. The molecule has 5 nitrogen and oxygen atoms in total. The summed E-state index contributed by atoms with van der Waals surface area (Å²) in [7, 11) is 0. The standard InChI is InChI=1S/C45H35N5S2/c1-3-5-16-32(15-4-2)43-48-44(50-45(49-43)35-21-14-24-40-41(35)52-39-23-13-12-22-38(39)51-40)34-27-25-31(26-28-34)37-29-36(30-17-8-6-9-18-30)46-42(47-37)33-19-10-7-11-20-33/h3-4,6-29,37H,1,5H2,2H3,(H,46,47)/b15-4-,32-16+. The van der Waals surface area contributed by atoms with Gasteiger partial charge in [0.25, 0.3) is 0 Å². The van der Waals surface area contributed by atoms with E-state index in [4.69, 9.17) is 19.9 Å². The lowest BCUT2D eigenvalue weighted by atomic mass is 9.99. The van der Waals surface area contributed by atoms with Gasteiger partial charge in [0.05, 0.1) is 11.7 Å². The van der Waals surface area contributed by atoms with Crippen LogP contribution < -0.4 is 5.32 Å². The van der Waals surface area contributed by atoms with Gasteiger partial charge in [-0.15, -0.1) is 6.58 Å². The highest BCUT2D eigenvalue weighted by molar-refractivity contribution is 8.05. The molecular weight excluding hydrogens is 675 g/mol. The monoisotopic (exact) mass is 709 g/mol. The molecule has 6 aromatic rings. The van der Waals surface area contributed by atoms with E-state index in [0.29, 0.717) is 23.9 Å². The van der Waals surface area contributed by atoms with Crippen molar-refractivity contribution >= 4 is 40.6 Å². The fourth-order valence-corrected chi connectivity index (χ4v) is 8.55. The summed E-state index contributed by atoms with van der Waals surface area (Å²) in [5, 5.41) is 3.67. The summed E-state index contributed by atoms with van der Waals surface area (Å²) in [4.78, 5) is 25.2. The van der Waals surface area contributed by atoms with Crippen molar-refractivity contribution in [2.24, 2.45) is 4.99 Å². The molecule has 0 radical (unpaired) electrons. The molecule has 0 amide bonds. The van der Waals surface area contributed by atoms with Gasteiger partial charge in [-0.3, -0.25) is 0 Å². The summed E-state index contributed by atoms with van der Waals surface area (Å²) in [5.74, 6) is 2.74. The number of allylic oxidation sites excluding steroid dienone is 5. The van der Waals surface area contributed by atoms with Crippen molar-refractivity contribution in [3.8, 4) is 22.8 Å². The van der Waals surface area contributed by atoms with Gasteiger partial charge in [0.1, 0.15) is 5.84 Å². The third kappa shape index (κ3) is 7.06. The number of hydrogen-bond acceptors (Lipinski definition) is 7. The summed E-state index contributed by atoms with van der Waals surface area (Å²) < 4.78 is 0. The zero-order valence-electron chi connectivity index (χ0n) is 28.6. The van der Waals surface area contributed by atoms with Gasteiger partial charge in [0, 0.05) is 41.8 Å². The van der Waals surface area contributed by atoms with Crippen molar-refractivity contribution in [2.75, 3.05) is 0 Å². The largest absolute Gasteiger partial charge is 0.359 e. The lowest BCUT2D eigenvalue weighted by Crippen LogP contribution is -2.31. The number of rotatable bonds is 9. The Morgan fingerprint density at radius 3 is 2.10 bits per heavy atom. The molecule has 2 aliphatic heterocycles. The van der Waals surface area contributed by atoms with E-state index in [0.717, 1.165) is 49.8 Å². The highest BCUT2D eigenvalue weighted by Crippen LogP contribution is 2.51. The third-order valence-electron chi connectivity index (χ3n) is 8.74. The molecule has 2 aliphatic rings.